The second-order valence-electron chi connectivity index (χ2n) is 11.0. The van der Waals surface area contributed by atoms with E-state index in [4.69, 9.17) is 10.5 Å². The molecule has 41 heavy (non-hydrogen) atoms. The highest BCUT2D eigenvalue weighted by Crippen LogP contribution is 2.27. The molecule has 2 atom stereocenters. The van der Waals surface area contributed by atoms with Gasteiger partial charge >= 0.3 is 6.09 Å². The summed E-state index contributed by atoms with van der Waals surface area (Å²) in [7, 11) is 0. The summed E-state index contributed by atoms with van der Waals surface area (Å²) >= 11 is 0. The van der Waals surface area contributed by atoms with Crippen LogP contribution in [-0.2, 0) is 25.7 Å². The monoisotopic (exact) mass is 568 g/mol. The van der Waals surface area contributed by atoms with Crippen molar-refractivity contribution in [1.82, 2.24) is 15.5 Å². The van der Waals surface area contributed by atoms with Gasteiger partial charge in [0.05, 0.1) is 0 Å². The number of nitrogens with two attached hydrogens (primary N) is 1. The van der Waals surface area contributed by atoms with E-state index in [1.807, 2.05) is 30.3 Å². The highest BCUT2D eigenvalue weighted by Gasteiger charge is 2.36. The maximum Gasteiger partial charge on any atom is 0.408 e. The quantitative estimate of drug-likeness (QED) is 0.235. The first-order valence-electron chi connectivity index (χ1n) is 14.1. The molecule has 0 aliphatic rings. The predicted molar refractivity (Wildman–Crippen MR) is 157 cm³/mol. The maximum atomic E-state index is 14.2. The van der Waals surface area contributed by atoms with Crippen LogP contribution in [0.1, 0.15) is 83.4 Å². The van der Waals surface area contributed by atoms with Crippen molar-refractivity contribution in [1.29, 1.82) is 0 Å². The zero-order valence-electron chi connectivity index (χ0n) is 24.5. The average molecular weight is 569 g/mol. The Bertz CT molecular complexity index is 1150. The first-order valence-corrected chi connectivity index (χ1v) is 14.1. The van der Waals surface area contributed by atoms with Crippen molar-refractivity contribution in [3.8, 4) is 5.75 Å². The van der Waals surface area contributed by atoms with E-state index in [9.17, 15) is 24.3 Å². The van der Waals surface area contributed by atoms with Crippen LogP contribution in [0.15, 0.2) is 54.6 Å². The second kappa shape index (κ2) is 16.2. The molecule has 0 saturated heterocycles. The van der Waals surface area contributed by atoms with E-state index in [0.717, 1.165) is 24.8 Å². The van der Waals surface area contributed by atoms with Gasteiger partial charge in [-0.05, 0) is 56.9 Å². The lowest BCUT2D eigenvalue weighted by molar-refractivity contribution is -0.143. The summed E-state index contributed by atoms with van der Waals surface area (Å²) in [6, 6.07) is 13.3. The summed E-state index contributed by atoms with van der Waals surface area (Å²) < 4.78 is 5.36. The van der Waals surface area contributed by atoms with Crippen LogP contribution in [-0.4, -0.2) is 52.0 Å². The van der Waals surface area contributed by atoms with Crippen molar-refractivity contribution < 1.29 is 29.0 Å². The molecule has 0 radical (unpaired) electrons. The van der Waals surface area contributed by atoms with E-state index in [0.29, 0.717) is 12.0 Å². The van der Waals surface area contributed by atoms with Gasteiger partial charge in [-0.25, -0.2) is 4.79 Å². The van der Waals surface area contributed by atoms with Crippen LogP contribution >= 0.6 is 0 Å². The van der Waals surface area contributed by atoms with Crippen LogP contribution in [0, 0.1) is 0 Å². The van der Waals surface area contributed by atoms with Crippen LogP contribution < -0.4 is 16.4 Å². The van der Waals surface area contributed by atoms with E-state index < -0.39 is 41.5 Å². The lowest BCUT2D eigenvalue weighted by Gasteiger charge is -2.34. The van der Waals surface area contributed by atoms with Crippen LogP contribution in [0.5, 0.6) is 5.75 Å². The number of primary amides is 1. The van der Waals surface area contributed by atoms with E-state index in [-0.39, 0.29) is 31.7 Å². The number of benzene rings is 2. The Labute approximate surface area is 242 Å². The first-order chi connectivity index (χ1) is 19.4. The Hall–Kier alpha value is -4.08. The van der Waals surface area contributed by atoms with E-state index in [1.54, 1.807) is 32.9 Å². The molecule has 10 nitrogen and oxygen atoms in total. The summed E-state index contributed by atoms with van der Waals surface area (Å²) in [4.78, 5) is 53.7. The Balaban J connectivity index is 2.48. The molecule has 0 aliphatic carbocycles. The minimum atomic E-state index is -1.18. The van der Waals surface area contributed by atoms with Gasteiger partial charge in [-0.1, -0.05) is 68.7 Å². The zero-order chi connectivity index (χ0) is 30.4. The molecule has 2 unspecified atom stereocenters. The molecular formula is C31H44N4O6. The van der Waals surface area contributed by atoms with Crippen LogP contribution in [0.2, 0.25) is 0 Å². The number of phenols is 1. The van der Waals surface area contributed by atoms with Gasteiger partial charge in [-0.2, -0.15) is 0 Å². The van der Waals surface area contributed by atoms with Gasteiger partial charge in [-0.15, -0.1) is 0 Å². The molecule has 2 aromatic carbocycles. The number of amides is 4. The van der Waals surface area contributed by atoms with Crippen molar-refractivity contribution in [2.45, 2.75) is 90.4 Å². The van der Waals surface area contributed by atoms with Gasteiger partial charge in [-0.3, -0.25) is 14.4 Å². The van der Waals surface area contributed by atoms with E-state index >= 15 is 0 Å². The zero-order valence-corrected chi connectivity index (χ0v) is 24.5. The molecule has 0 aromatic heterocycles. The van der Waals surface area contributed by atoms with Crippen LogP contribution in [0.4, 0.5) is 4.79 Å². The Kier molecular flexibility index (Phi) is 13.1. The number of carbonyl (C=O) groups excluding carboxylic acids is 4. The molecule has 0 spiro atoms. The number of hydrogen-bond donors (Lipinski definition) is 4. The number of nitrogens with one attached hydrogen (secondary N) is 2. The highest BCUT2D eigenvalue weighted by atomic mass is 16.6. The van der Waals surface area contributed by atoms with Gasteiger partial charge in [0.1, 0.15) is 23.4 Å². The summed E-state index contributed by atoms with van der Waals surface area (Å²) in [6.45, 7) is 7.60. The predicted octanol–water partition coefficient (Wildman–Crippen LogP) is 4.32. The largest absolute Gasteiger partial charge is 0.508 e. The van der Waals surface area contributed by atoms with Gasteiger partial charge in [0, 0.05) is 19.5 Å². The van der Waals surface area contributed by atoms with Crippen molar-refractivity contribution in [2.24, 2.45) is 5.73 Å². The fraction of sp³-hybridized carbons (Fsp3) is 0.484. The fourth-order valence-corrected chi connectivity index (χ4v) is 4.32. The van der Waals surface area contributed by atoms with Crippen LogP contribution in [0.25, 0.3) is 0 Å². The minimum absolute atomic E-state index is 0.0566. The lowest BCUT2D eigenvalue weighted by atomic mass is 10.0. The van der Waals surface area contributed by atoms with Crippen molar-refractivity contribution >= 4 is 23.8 Å². The number of nitrogens with zero attached hydrogens (tertiary/aromatic N) is 1. The average Bonchev–Trinajstić information content (AvgIpc) is 2.90. The molecule has 2 rings (SSSR count). The molecule has 5 N–H and O–H groups in total. The van der Waals surface area contributed by atoms with Crippen LogP contribution in [0.3, 0.4) is 0 Å². The molecule has 0 fully saturated rings. The van der Waals surface area contributed by atoms with Crippen molar-refractivity contribution in [3.05, 3.63) is 65.7 Å². The number of unbranched alkanes of at least 4 members (excludes halogenated alkanes) is 3. The number of rotatable bonds is 15. The van der Waals surface area contributed by atoms with Gasteiger partial charge in [0.25, 0.3) is 0 Å². The maximum absolute atomic E-state index is 14.2. The molecule has 0 bridgehead atoms. The molecule has 4 amide bonds. The summed E-state index contributed by atoms with van der Waals surface area (Å²) in [5, 5.41) is 15.7. The summed E-state index contributed by atoms with van der Waals surface area (Å²) in [6.07, 6.45) is 2.29. The highest BCUT2D eigenvalue weighted by molar-refractivity contribution is 5.92. The van der Waals surface area contributed by atoms with Crippen molar-refractivity contribution in [3.63, 3.8) is 0 Å². The smallest absolute Gasteiger partial charge is 0.408 e. The van der Waals surface area contributed by atoms with Gasteiger partial charge in [0.2, 0.25) is 17.7 Å². The molecule has 0 aliphatic heterocycles. The molecule has 2 aromatic rings. The summed E-state index contributed by atoms with van der Waals surface area (Å²) in [5.41, 5.74) is 5.84. The number of alkyl carbamates (subject to hydrolysis) is 1. The van der Waals surface area contributed by atoms with Crippen molar-refractivity contribution in [2.75, 3.05) is 6.54 Å². The van der Waals surface area contributed by atoms with Gasteiger partial charge < -0.3 is 31.1 Å². The Morgan fingerprint density at radius 3 is 2.32 bits per heavy atom. The number of aromatic hydroxyl groups is 1. The minimum Gasteiger partial charge on any atom is -0.508 e. The third-order valence-electron chi connectivity index (χ3n) is 6.26. The molecule has 0 heterocycles. The topological polar surface area (TPSA) is 151 Å². The molecule has 0 saturated carbocycles. The number of hydrogen-bond acceptors (Lipinski definition) is 6. The Morgan fingerprint density at radius 1 is 1.00 bits per heavy atom. The third-order valence-corrected chi connectivity index (χ3v) is 6.26. The van der Waals surface area contributed by atoms with E-state index in [2.05, 4.69) is 17.6 Å². The lowest BCUT2D eigenvalue weighted by Crippen LogP contribution is -2.53. The number of phenolic OH excluding ortho intramolecular Hbond substituents is 1. The summed E-state index contributed by atoms with van der Waals surface area (Å²) in [5.74, 6) is -1.70. The molecular weight excluding hydrogens is 524 g/mol. The molecule has 224 valence electrons. The van der Waals surface area contributed by atoms with E-state index in [1.165, 1.54) is 17.0 Å². The third kappa shape index (κ3) is 11.9. The standard InChI is InChI=1S/C31H44N4O6/c1-5-6-7-11-19-35(29(39)25(17-18-26(32)37)34-30(40)41-31(2,3)4)27(23-15-12-16-24(36)20-23)28(38)33-21-22-13-9-8-10-14-22/h8-10,12-16,20,25,27,36H,5-7,11,17-19,21H2,1-4H3,(H2,32,37)(H,33,38)(H,34,40). The normalized spacial score (nSPS) is 12.6. The number of carbonyl (C=O) groups is 4. The molecule has 10 heteroatoms. The Morgan fingerprint density at radius 2 is 1.71 bits per heavy atom. The number of ether oxygens (including phenoxy) is 1. The van der Waals surface area contributed by atoms with Gasteiger partial charge in [0.15, 0.2) is 0 Å². The fourth-order valence-electron chi connectivity index (χ4n) is 4.32. The first kappa shape index (κ1) is 33.1. The second-order valence-corrected chi connectivity index (χ2v) is 11.0. The SMILES string of the molecule is CCCCCCN(C(=O)C(CCC(N)=O)NC(=O)OC(C)(C)C)C(C(=O)NCc1ccccc1)c1cccc(O)c1.